The number of anilines is 1. The number of morpholine rings is 1. The van der Waals surface area contributed by atoms with E-state index in [2.05, 4.69) is 5.32 Å². The number of sulfonamides is 1. The number of carbonyl (C=O) groups is 1. The minimum Gasteiger partial charge on any atom is -0.373 e. The van der Waals surface area contributed by atoms with Gasteiger partial charge in [0.25, 0.3) is 5.91 Å². The molecule has 0 radical (unpaired) electrons. The number of halogens is 1. The Hall–Kier alpha value is -1.93. The molecule has 1 heterocycles. The molecule has 150 valence electrons. The molecular weight excluding hydrogens is 400 g/mol. The highest BCUT2D eigenvalue weighted by molar-refractivity contribution is 7.89. The Labute approximate surface area is 170 Å². The number of hydrogen-bond donors (Lipinski definition) is 1. The van der Waals surface area contributed by atoms with Gasteiger partial charge in [0.1, 0.15) is 0 Å². The van der Waals surface area contributed by atoms with Gasteiger partial charge in [-0.2, -0.15) is 4.31 Å². The third-order valence-corrected chi connectivity index (χ3v) is 6.78. The number of hydrogen-bond acceptors (Lipinski definition) is 4. The molecule has 2 aromatic carbocycles. The minimum absolute atomic E-state index is 0.0865. The van der Waals surface area contributed by atoms with Crippen LogP contribution >= 0.6 is 11.6 Å². The molecule has 1 N–H and O–H groups in total. The lowest BCUT2D eigenvalue weighted by Crippen LogP contribution is -2.48. The molecule has 3 rings (SSSR count). The number of amides is 1. The lowest BCUT2D eigenvalue weighted by molar-refractivity contribution is -0.0440. The number of nitrogens with one attached hydrogen (secondary N) is 1. The van der Waals surface area contributed by atoms with E-state index in [0.29, 0.717) is 10.7 Å². The Bertz CT molecular complexity index is 983. The summed E-state index contributed by atoms with van der Waals surface area (Å²) in [4.78, 5) is 12.7. The van der Waals surface area contributed by atoms with Crippen LogP contribution in [0.5, 0.6) is 0 Å². The summed E-state index contributed by atoms with van der Waals surface area (Å²) >= 11 is 6.09. The highest BCUT2D eigenvalue weighted by Gasteiger charge is 2.32. The van der Waals surface area contributed by atoms with Crippen molar-refractivity contribution in [3.63, 3.8) is 0 Å². The van der Waals surface area contributed by atoms with E-state index in [1.807, 2.05) is 20.8 Å². The lowest BCUT2D eigenvalue weighted by atomic mass is 10.2. The molecule has 1 aliphatic heterocycles. The molecule has 2 atom stereocenters. The highest BCUT2D eigenvalue weighted by Crippen LogP contribution is 2.23. The topological polar surface area (TPSA) is 75.7 Å². The molecule has 28 heavy (non-hydrogen) atoms. The first-order chi connectivity index (χ1) is 13.2. The number of benzene rings is 2. The molecule has 0 aliphatic carbocycles. The van der Waals surface area contributed by atoms with Crippen LogP contribution < -0.4 is 5.32 Å². The van der Waals surface area contributed by atoms with Crippen LogP contribution in [-0.4, -0.2) is 43.9 Å². The van der Waals surface area contributed by atoms with Crippen molar-refractivity contribution in [2.75, 3.05) is 18.4 Å². The van der Waals surface area contributed by atoms with Gasteiger partial charge in [0.2, 0.25) is 10.0 Å². The molecular formula is C20H23ClN2O4S. The molecule has 8 heteroatoms. The van der Waals surface area contributed by atoms with Crippen LogP contribution in [-0.2, 0) is 14.8 Å². The summed E-state index contributed by atoms with van der Waals surface area (Å²) in [6, 6.07) is 11.2. The Morgan fingerprint density at radius 2 is 1.82 bits per heavy atom. The Morgan fingerprint density at radius 3 is 2.46 bits per heavy atom. The van der Waals surface area contributed by atoms with Gasteiger partial charge in [-0.1, -0.05) is 23.7 Å². The van der Waals surface area contributed by atoms with E-state index in [1.165, 1.54) is 16.4 Å². The third-order valence-electron chi connectivity index (χ3n) is 4.55. The van der Waals surface area contributed by atoms with Gasteiger partial charge < -0.3 is 10.1 Å². The summed E-state index contributed by atoms with van der Waals surface area (Å²) in [7, 11) is -3.72. The average molecular weight is 423 g/mol. The van der Waals surface area contributed by atoms with E-state index < -0.39 is 15.9 Å². The van der Waals surface area contributed by atoms with Crippen molar-refractivity contribution in [3.8, 4) is 0 Å². The van der Waals surface area contributed by atoms with Crippen LogP contribution in [0.25, 0.3) is 0 Å². The quantitative estimate of drug-likeness (QED) is 0.815. The summed E-state index contributed by atoms with van der Waals surface area (Å²) in [5.74, 6) is -0.402. The Balaban J connectivity index is 1.83. The first-order valence-corrected chi connectivity index (χ1v) is 10.8. The minimum atomic E-state index is -3.72. The summed E-state index contributed by atoms with van der Waals surface area (Å²) in [6.07, 6.45) is -0.368. The number of carbonyl (C=O) groups excluding carboxylic acids is 1. The molecule has 0 spiro atoms. The van der Waals surface area contributed by atoms with Crippen molar-refractivity contribution in [2.45, 2.75) is 37.9 Å². The molecule has 0 unspecified atom stereocenters. The fourth-order valence-electron chi connectivity index (χ4n) is 3.15. The zero-order valence-electron chi connectivity index (χ0n) is 16.0. The SMILES string of the molecule is Cc1ccc(NC(=O)c2cccc(S(=O)(=O)N3C[C@@H](C)O[C@H](C)C3)c2)cc1Cl. The van der Waals surface area contributed by atoms with Gasteiger partial charge in [-0.25, -0.2) is 8.42 Å². The molecule has 0 bridgehead atoms. The normalized spacial score (nSPS) is 20.7. The number of aryl methyl sites for hydroxylation is 1. The zero-order chi connectivity index (χ0) is 20.5. The predicted octanol–water partition coefficient (Wildman–Crippen LogP) is 3.70. The Morgan fingerprint density at radius 1 is 1.14 bits per heavy atom. The second-order valence-electron chi connectivity index (χ2n) is 7.03. The van der Waals surface area contributed by atoms with Gasteiger partial charge in [-0.3, -0.25) is 4.79 Å². The van der Waals surface area contributed by atoms with Gasteiger partial charge in [0, 0.05) is 29.4 Å². The van der Waals surface area contributed by atoms with E-state index in [1.54, 1.807) is 30.3 Å². The van der Waals surface area contributed by atoms with Crippen LogP contribution in [0.4, 0.5) is 5.69 Å². The van der Waals surface area contributed by atoms with E-state index in [0.717, 1.165) is 5.56 Å². The van der Waals surface area contributed by atoms with Crippen molar-refractivity contribution < 1.29 is 17.9 Å². The van der Waals surface area contributed by atoms with Gasteiger partial charge in [0.15, 0.2) is 0 Å². The standard InChI is InChI=1S/C20H23ClN2O4S/c1-13-7-8-17(10-19(13)21)22-20(24)16-5-4-6-18(9-16)28(25,26)23-11-14(2)27-15(3)12-23/h4-10,14-15H,11-12H2,1-3H3,(H,22,24)/t14-,15-/m1/s1. The highest BCUT2D eigenvalue weighted by atomic mass is 35.5. The summed E-state index contributed by atoms with van der Waals surface area (Å²) in [5.41, 5.74) is 1.71. The molecule has 6 nitrogen and oxygen atoms in total. The maximum absolute atomic E-state index is 13.0. The van der Waals surface area contributed by atoms with E-state index >= 15 is 0 Å². The molecule has 0 saturated carbocycles. The van der Waals surface area contributed by atoms with Crippen LogP contribution in [0.1, 0.15) is 29.8 Å². The fourth-order valence-corrected chi connectivity index (χ4v) is 4.97. The maximum atomic E-state index is 13.0. The van der Waals surface area contributed by atoms with Gasteiger partial charge >= 0.3 is 0 Å². The summed E-state index contributed by atoms with van der Waals surface area (Å²) in [6.45, 7) is 6.12. The smallest absolute Gasteiger partial charge is 0.255 e. The maximum Gasteiger partial charge on any atom is 0.255 e. The number of rotatable bonds is 4. The Kier molecular flexibility index (Phi) is 6.09. The molecule has 1 fully saturated rings. The van der Waals surface area contributed by atoms with E-state index in [4.69, 9.17) is 16.3 Å². The van der Waals surface area contributed by atoms with Crippen molar-refractivity contribution in [1.29, 1.82) is 0 Å². The van der Waals surface area contributed by atoms with E-state index in [9.17, 15) is 13.2 Å². The lowest BCUT2D eigenvalue weighted by Gasteiger charge is -2.34. The van der Waals surface area contributed by atoms with Crippen LogP contribution in [0.2, 0.25) is 5.02 Å². The summed E-state index contributed by atoms with van der Waals surface area (Å²) in [5, 5.41) is 3.29. The largest absolute Gasteiger partial charge is 0.373 e. The zero-order valence-corrected chi connectivity index (χ0v) is 17.5. The van der Waals surface area contributed by atoms with Crippen molar-refractivity contribution in [1.82, 2.24) is 4.31 Å². The molecule has 1 aliphatic rings. The molecule has 2 aromatic rings. The number of ether oxygens (including phenoxy) is 1. The number of nitrogens with zero attached hydrogens (tertiary/aromatic N) is 1. The average Bonchev–Trinajstić information content (AvgIpc) is 2.64. The second kappa shape index (κ2) is 8.21. The molecule has 1 amide bonds. The van der Waals surface area contributed by atoms with Gasteiger partial charge in [-0.05, 0) is 56.7 Å². The van der Waals surface area contributed by atoms with Crippen molar-refractivity contribution >= 4 is 33.2 Å². The predicted molar refractivity (Wildman–Crippen MR) is 109 cm³/mol. The van der Waals surface area contributed by atoms with Crippen molar-refractivity contribution in [2.24, 2.45) is 0 Å². The van der Waals surface area contributed by atoms with Crippen LogP contribution in [0.15, 0.2) is 47.4 Å². The van der Waals surface area contributed by atoms with Crippen molar-refractivity contribution in [3.05, 3.63) is 58.6 Å². The molecule has 0 aromatic heterocycles. The third kappa shape index (κ3) is 4.55. The second-order valence-corrected chi connectivity index (χ2v) is 9.37. The van der Waals surface area contributed by atoms with E-state index in [-0.39, 0.29) is 35.8 Å². The first-order valence-electron chi connectivity index (χ1n) is 9.00. The fraction of sp³-hybridized carbons (Fsp3) is 0.350. The molecule has 1 saturated heterocycles. The van der Waals surface area contributed by atoms with Crippen LogP contribution in [0, 0.1) is 6.92 Å². The van der Waals surface area contributed by atoms with Gasteiger partial charge in [-0.15, -0.1) is 0 Å². The monoisotopic (exact) mass is 422 g/mol. The van der Waals surface area contributed by atoms with Gasteiger partial charge in [0.05, 0.1) is 17.1 Å². The van der Waals surface area contributed by atoms with Crippen LogP contribution in [0.3, 0.4) is 0 Å². The summed E-state index contributed by atoms with van der Waals surface area (Å²) < 4.78 is 33.0. The first kappa shape index (κ1) is 20.8.